The molecule has 3 nitrogen and oxygen atoms in total. The Morgan fingerprint density at radius 3 is 2.61 bits per heavy atom. The zero-order valence-electron chi connectivity index (χ0n) is 10.5. The van der Waals surface area contributed by atoms with E-state index in [0.717, 1.165) is 16.2 Å². The number of nitrogens with zero attached hydrogens (tertiary/aromatic N) is 2. The summed E-state index contributed by atoms with van der Waals surface area (Å²) >= 11 is 2.19. The molecule has 0 atom stereocenters. The molecule has 2 aliphatic rings. The number of halogens is 1. The summed E-state index contributed by atoms with van der Waals surface area (Å²) in [4.78, 5) is 5.13. The van der Waals surface area contributed by atoms with Crippen LogP contribution in [0.1, 0.15) is 18.4 Å². The fraction of sp³-hybridized carbons (Fsp3) is 0.571. The first-order valence-corrected chi connectivity index (χ1v) is 7.74. The summed E-state index contributed by atoms with van der Waals surface area (Å²) in [5.41, 5.74) is 1.30. The number of hydrogen-bond acceptors (Lipinski definition) is 3. The first-order chi connectivity index (χ1) is 8.72. The molecule has 2 fully saturated rings. The second-order valence-electron chi connectivity index (χ2n) is 5.38. The number of phenolic OH excluding ortho intramolecular Hbond substituents is 1. The van der Waals surface area contributed by atoms with Crippen molar-refractivity contribution in [2.24, 2.45) is 0 Å². The fourth-order valence-electron chi connectivity index (χ4n) is 2.92. The molecule has 0 spiro atoms. The molecule has 0 unspecified atom stereocenters. The van der Waals surface area contributed by atoms with E-state index in [1.54, 1.807) is 6.07 Å². The lowest BCUT2D eigenvalue weighted by Gasteiger charge is -2.44. The monoisotopic (exact) mass is 358 g/mol. The predicted octanol–water partition coefficient (Wildman–Crippen LogP) is 2.28. The van der Waals surface area contributed by atoms with E-state index < -0.39 is 0 Å². The van der Waals surface area contributed by atoms with E-state index in [1.165, 1.54) is 44.6 Å². The Morgan fingerprint density at radius 2 is 1.94 bits per heavy atom. The predicted molar refractivity (Wildman–Crippen MR) is 80.7 cm³/mol. The molecular weight excluding hydrogens is 339 g/mol. The van der Waals surface area contributed by atoms with Gasteiger partial charge in [-0.3, -0.25) is 9.80 Å². The molecule has 0 aromatic heterocycles. The first kappa shape index (κ1) is 12.7. The van der Waals surface area contributed by atoms with Crippen LogP contribution < -0.4 is 0 Å². The Balaban J connectivity index is 1.51. The van der Waals surface area contributed by atoms with Gasteiger partial charge >= 0.3 is 0 Å². The van der Waals surface area contributed by atoms with Crippen molar-refractivity contribution in [3.63, 3.8) is 0 Å². The summed E-state index contributed by atoms with van der Waals surface area (Å²) < 4.78 is 0.946. The van der Waals surface area contributed by atoms with Gasteiger partial charge in [0.1, 0.15) is 5.75 Å². The van der Waals surface area contributed by atoms with Crippen molar-refractivity contribution in [3.05, 3.63) is 27.3 Å². The molecule has 18 heavy (non-hydrogen) atoms. The summed E-state index contributed by atoms with van der Waals surface area (Å²) in [7, 11) is 0. The Kier molecular flexibility index (Phi) is 3.77. The smallest absolute Gasteiger partial charge is 0.128 e. The van der Waals surface area contributed by atoms with Gasteiger partial charge in [0, 0.05) is 25.7 Å². The van der Waals surface area contributed by atoms with E-state index in [-0.39, 0.29) is 0 Å². The molecule has 0 saturated carbocycles. The maximum absolute atomic E-state index is 9.51. The molecule has 3 rings (SSSR count). The second-order valence-corrected chi connectivity index (χ2v) is 6.54. The van der Waals surface area contributed by atoms with Crippen LogP contribution in [0, 0.1) is 3.57 Å². The van der Waals surface area contributed by atoms with Crippen molar-refractivity contribution in [2.75, 3.05) is 26.2 Å². The SMILES string of the molecule is Oc1ccc(CN2CC(N3CCCC3)C2)cc1I. The molecule has 1 aromatic rings. The maximum atomic E-state index is 9.51. The topological polar surface area (TPSA) is 26.7 Å². The van der Waals surface area contributed by atoms with E-state index in [4.69, 9.17) is 0 Å². The van der Waals surface area contributed by atoms with E-state index in [9.17, 15) is 5.11 Å². The van der Waals surface area contributed by atoms with E-state index in [2.05, 4.69) is 38.5 Å². The lowest BCUT2D eigenvalue weighted by Crippen LogP contribution is -2.58. The van der Waals surface area contributed by atoms with Gasteiger partial charge in [-0.2, -0.15) is 0 Å². The number of phenols is 1. The van der Waals surface area contributed by atoms with Crippen molar-refractivity contribution in [3.8, 4) is 5.75 Å². The van der Waals surface area contributed by atoms with E-state index in [0.29, 0.717) is 5.75 Å². The van der Waals surface area contributed by atoms with Crippen molar-refractivity contribution in [1.29, 1.82) is 0 Å². The van der Waals surface area contributed by atoms with Crippen molar-refractivity contribution < 1.29 is 5.11 Å². The zero-order valence-corrected chi connectivity index (χ0v) is 12.6. The van der Waals surface area contributed by atoms with Crippen LogP contribution in [0.25, 0.3) is 0 Å². The third-order valence-electron chi connectivity index (χ3n) is 4.01. The quantitative estimate of drug-likeness (QED) is 0.840. The minimum atomic E-state index is 0.387. The molecule has 4 heteroatoms. The highest BCUT2D eigenvalue weighted by Gasteiger charge is 2.32. The Morgan fingerprint density at radius 1 is 1.22 bits per heavy atom. The number of rotatable bonds is 3. The van der Waals surface area contributed by atoms with Gasteiger partial charge in [-0.15, -0.1) is 0 Å². The van der Waals surface area contributed by atoms with Crippen LogP contribution in [0.15, 0.2) is 18.2 Å². The zero-order chi connectivity index (χ0) is 12.5. The molecule has 0 aliphatic carbocycles. The van der Waals surface area contributed by atoms with Gasteiger partial charge in [0.25, 0.3) is 0 Å². The molecule has 1 aromatic carbocycles. The van der Waals surface area contributed by atoms with E-state index in [1.807, 2.05) is 6.07 Å². The highest BCUT2D eigenvalue weighted by Crippen LogP contribution is 2.24. The van der Waals surface area contributed by atoms with E-state index >= 15 is 0 Å². The van der Waals surface area contributed by atoms with Crippen molar-refractivity contribution in [1.82, 2.24) is 9.80 Å². The van der Waals surface area contributed by atoms with Crippen LogP contribution in [-0.4, -0.2) is 47.1 Å². The van der Waals surface area contributed by atoms with Gasteiger partial charge in [0.2, 0.25) is 0 Å². The number of likely N-dealkylation sites (tertiary alicyclic amines) is 2. The summed E-state index contributed by atoms with van der Waals surface area (Å²) in [6, 6.07) is 6.71. The lowest BCUT2D eigenvalue weighted by molar-refractivity contribution is 0.0423. The van der Waals surface area contributed by atoms with Gasteiger partial charge in [0.05, 0.1) is 3.57 Å². The fourth-order valence-corrected chi connectivity index (χ4v) is 3.50. The molecule has 0 radical (unpaired) electrons. The average molecular weight is 358 g/mol. The van der Waals surface area contributed by atoms with Crippen LogP contribution in [0.3, 0.4) is 0 Å². The summed E-state index contributed by atoms with van der Waals surface area (Å²) in [5.74, 6) is 0.387. The van der Waals surface area contributed by atoms with Crippen LogP contribution in [0.2, 0.25) is 0 Å². The Bertz CT molecular complexity index is 426. The molecule has 2 saturated heterocycles. The normalized spacial score (nSPS) is 22.3. The van der Waals surface area contributed by atoms with Gasteiger partial charge in [-0.05, 0) is 66.2 Å². The number of hydrogen-bond donors (Lipinski definition) is 1. The van der Waals surface area contributed by atoms with Crippen LogP contribution in [0.4, 0.5) is 0 Å². The van der Waals surface area contributed by atoms with Gasteiger partial charge in [-0.1, -0.05) is 6.07 Å². The standard InChI is InChI=1S/C14H19IN2O/c15-13-7-11(3-4-14(13)18)8-16-9-12(10-16)17-5-1-2-6-17/h3-4,7,12,18H,1-2,5-6,8-10H2. The summed E-state index contributed by atoms with van der Waals surface area (Å²) in [6.07, 6.45) is 2.76. The van der Waals surface area contributed by atoms with Crippen molar-refractivity contribution in [2.45, 2.75) is 25.4 Å². The molecule has 98 valence electrons. The number of aromatic hydroxyl groups is 1. The second kappa shape index (κ2) is 5.35. The Hall–Kier alpha value is -0.330. The average Bonchev–Trinajstić information content (AvgIpc) is 2.81. The molecule has 2 aliphatic heterocycles. The van der Waals surface area contributed by atoms with Gasteiger partial charge in [0.15, 0.2) is 0 Å². The van der Waals surface area contributed by atoms with Gasteiger partial charge < -0.3 is 5.11 Å². The first-order valence-electron chi connectivity index (χ1n) is 6.66. The van der Waals surface area contributed by atoms with Gasteiger partial charge in [-0.25, -0.2) is 0 Å². The highest BCUT2D eigenvalue weighted by atomic mass is 127. The van der Waals surface area contributed by atoms with Crippen molar-refractivity contribution >= 4 is 22.6 Å². The lowest BCUT2D eigenvalue weighted by atomic mass is 10.1. The maximum Gasteiger partial charge on any atom is 0.128 e. The van der Waals surface area contributed by atoms with Crippen LogP contribution in [-0.2, 0) is 6.54 Å². The summed E-state index contributed by atoms with van der Waals surface area (Å²) in [5, 5.41) is 9.51. The third kappa shape index (κ3) is 2.65. The van der Waals surface area contributed by atoms with Crippen LogP contribution >= 0.6 is 22.6 Å². The highest BCUT2D eigenvalue weighted by molar-refractivity contribution is 14.1. The molecular formula is C14H19IN2O. The third-order valence-corrected chi connectivity index (χ3v) is 4.88. The summed E-state index contributed by atoms with van der Waals surface area (Å²) in [6.45, 7) is 6.03. The minimum absolute atomic E-state index is 0.387. The molecule has 0 bridgehead atoms. The molecule has 2 heterocycles. The number of benzene rings is 1. The largest absolute Gasteiger partial charge is 0.507 e. The Labute approximate surface area is 122 Å². The minimum Gasteiger partial charge on any atom is -0.507 e. The molecule has 1 N–H and O–H groups in total. The molecule has 0 amide bonds. The van der Waals surface area contributed by atoms with Crippen LogP contribution in [0.5, 0.6) is 5.75 Å².